The van der Waals surface area contributed by atoms with Gasteiger partial charge in [-0.2, -0.15) is 11.8 Å². The van der Waals surface area contributed by atoms with Crippen LogP contribution in [0.4, 0.5) is 0 Å². The molecule has 1 amide bonds. The number of carbonyl (C=O) groups is 1. The van der Waals surface area contributed by atoms with Crippen LogP contribution < -0.4 is 5.32 Å². The third kappa shape index (κ3) is 6.05. The van der Waals surface area contributed by atoms with Crippen molar-refractivity contribution in [1.29, 1.82) is 0 Å². The number of thioether (sulfide) groups is 1. The van der Waals surface area contributed by atoms with E-state index >= 15 is 0 Å². The topological polar surface area (TPSA) is 49.3 Å². The van der Waals surface area contributed by atoms with E-state index in [-0.39, 0.29) is 11.8 Å². The molecule has 0 aromatic rings. The summed E-state index contributed by atoms with van der Waals surface area (Å²) in [6, 6.07) is 0. The maximum atomic E-state index is 11.4. The van der Waals surface area contributed by atoms with Gasteiger partial charge in [-0.05, 0) is 19.1 Å². The summed E-state index contributed by atoms with van der Waals surface area (Å²) in [6.07, 6.45) is 2.50. The van der Waals surface area contributed by atoms with Gasteiger partial charge in [-0.15, -0.1) is 0 Å². The van der Waals surface area contributed by atoms with Gasteiger partial charge in [0, 0.05) is 18.2 Å². The van der Waals surface area contributed by atoms with Crippen LogP contribution in [0.2, 0.25) is 0 Å². The minimum Gasteiger partial charge on any atom is -0.388 e. The first-order valence-electron chi connectivity index (χ1n) is 5.31. The fourth-order valence-corrected chi connectivity index (χ4v) is 1.22. The smallest absolute Gasteiger partial charge is 0.221 e. The molecule has 0 aromatic carbocycles. The highest BCUT2D eigenvalue weighted by Gasteiger charge is 2.25. The van der Waals surface area contributed by atoms with E-state index in [1.54, 1.807) is 18.7 Å². The van der Waals surface area contributed by atoms with E-state index in [1.807, 2.05) is 27.0 Å². The fourth-order valence-electron chi connectivity index (χ4n) is 0.898. The number of hydrogen-bond donors (Lipinski definition) is 2. The highest BCUT2D eigenvalue weighted by Crippen LogP contribution is 2.15. The van der Waals surface area contributed by atoms with Crippen molar-refractivity contribution in [2.45, 2.75) is 45.0 Å². The van der Waals surface area contributed by atoms with E-state index in [2.05, 4.69) is 5.32 Å². The van der Waals surface area contributed by atoms with E-state index in [4.69, 9.17) is 0 Å². The SMILES string of the molecule is CSC(C)CC(=O)NCC(C)(O)C(C)C. The second-order valence-electron chi connectivity index (χ2n) is 4.54. The van der Waals surface area contributed by atoms with E-state index in [1.165, 1.54) is 0 Å². The Labute approximate surface area is 97.0 Å². The average Bonchev–Trinajstić information content (AvgIpc) is 2.14. The third-order valence-electron chi connectivity index (χ3n) is 2.76. The van der Waals surface area contributed by atoms with Gasteiger partial charge in [-0.1, -0.05) is 20.8 Å². The van der Waals surface area contributed by atoms with E-state index < -0.39 is 5.60 Å². The summed E-state index contributed by atoms with van der Waals surface area (Å²) in [6.45, 7) is 7.97. The lowest BCUT2D eigenvalue weighted by atomic mass is 9.92. The van der Waals surface area contributed by atoms with Crippen LogP contribution in [0.1, 0.15) is 34.1 Å². The van der Waals surface area contributed by atoms with Gasteiger partial charge < -0.3 is 10.4 Å². The quantitative estimate of drug-likeness (QED) is 0.733. The average molecular weight is 233 g/mol. The number of aliphatic hydroxyl groups is 1. The van der Waals surface area contributed by atoms with E-state index in [0.29, 0.717) is 18.2 Å². The minimum atomic E-state index is -0.821. The Morgan fingerprint density at radius 1 is 1.47 bits per heavy atom. The van der Waals surface area contributed by atoms with Crippen molar-refractivity contribution in [3.05, 3.63) is 0 Å². The Morgan fingerprint density at radius 3 is 2.40 bits per heavy atom. The number of rotatable bonds is 6. The van der Waals surface area contributed by atoms with Gasteiger partial charge in [0.15, 0.2) is 0 Å². The fraction of sp³-hybridized carbons (Fsp3) is 0.909. The molecular formula is C11H23NO2S. The molecule has 0 aromatic heterocycles. The summed E-state index contributed by atoms with van der Waals surface area (Å²) in [5.41, 5.74) is -0.821. The monoisotopic (exact) mass is 233 g/mol. The predicted octanol–water partition coefficient (Wildman–Crippen LogP) is 1.65. The molecule has 15 heavy (non-hydrogen) atoms. The molecular weight excluding hydrogens is 210 g/mol. The molecule has 0 saturated carbocycles. The van der Waals surface area contributed by atoms with Crippen LogP contribution in [0.3, 0.4) is 0 Å². The molecule has 4 heteroatoms. The van der Waals surface area contributed by atoms with Gasteiger partial charge >= 0.3 is 0 Å². The highest BCUT2D eigenvalue weighted by atomic mass is 32.2. The summed E-state index contributed by atoms with van der Waals surface area (Å²) in [5.74, 6) is 0.147. The number of nitrogens with one attached hydrogen (secondary N) is 1. The first kappa shape index (κ1) is 14.8. The molecule has 90 valence electrons. The molecule has 0 heterocycles. The number of hydrogen-bond acceptors (Lipinski definition) is 3. The summed E-state index contributed by atoms with van der Waals surface area (Å²) in [5, 5.41) is 13.0. The molecule has 0 rings (SSSR count). The zero-order valence-corrected chi connectivity index (χ0v) is 11.1. The predicted molar refractivity (Wildman–Crippen MR) is 66.1 cm³/mol. The van der Waals surface area contributed by atoms with Crippen molar-refractivity contribution >= 4 is 17.7 Å². The van der Waals surface area contributed by atoms with Gasteiger partial charge in [-0.3, -0.25) is 4.79 Å². The van der Waals surface area contributed by atoms with Crippen LogP contribution in [0.15, 0.2) is 0 Å². The molecule has 0 spiro atoms. The lowest BCUT2D eigenvalue weighted by Crippen LogP contribution is -2.44. The molecule has 3 nitrogen and oxygen atoms in total. The third-order valence-corrected chi connectivity index (χ3v) is 3.73. The van der Waals surface area contributed by atoms with Crippen molar-refractivity contribution in [1.82, 2.24) is 5.32 Å². The van der Waals surface area contributed by atoms with Crippen LogP contribution in [0, 0.1) is 5.92 Å². The summed E-state index contributed by atoms with van der Waals surface area (Å²) in [4.78, 5) is 11.4. The maximum absolute atomic E-state index is 11.4. The van der Waals surface area contributed by atoms with Gasteiger partial charge in [0.05, 0.1) is 5.60 Å². The van der Waals surface area contributed by atoms with E-state index in [0.717, 1.165) is 0 Å². The first-order chi connectivity index (χ1) is 6.79. The lowest BCUT2D eigenvalue weighted by Gasteiger charge is -2.28. The largest absolute Gasteiger partial charge is 0.388 e. The van der Waals surface area contributed by atoms with Crippen molar-refractivity contribution in [2.24, 2.45) is 5.92 Å². The normalized spacial score (nSPS) is 17.3. The lowest BCUT2D eigenvalue weighted by molar-refractivity contribution is -0.122. The summed E-state index contributed by atoms with van der Waals surface area (Å²) >= 11 is 1.67. The van der Waals surface area contributed by atoms with Crippen molar-refractivity contribution < 1.29 is 9.90 Å². The number of carbonyl (C=O) groups excluding carboxylic acids is 1. The van der Waals surface area contributed by atoms with Gasteiger partial charge in [0.1, 0.15) is 0 Å². The second kappa shape index (κ2) is 6.38. The zero-order chi connectivity index (χ0) is 12.1. The molecule has 2 atom stereocenters. The summed E-state index contributed by atoms with van der Waals surface area (Å²) < 4.78 is 0. The highest BCUT2D eigenvalue weighted by molar-refractivity contribution is 7.99. The Hall–Kier alpha value is -0.220. The Kier molecular flexibility index (Phi) is 6.29. The Morgan fingerprint density at radius 2 is 2.00 bits per heavy atom. The molecule has 2 N–H and O–H groups in total. The van der Waals surface area contributed by atoms with Gasteiger partial charge in [0.25, 0.3) is 0 Å². The van der Waals surface area contributed by atoms with Crippen LogP contribution in [0.25, 0.3) is 0 Å². The van der Waals surface area contributed by atoms with Crippen molar-refractivity contribution in [3.8, 4) is 0 Å². The molecule has 0 aliphatic carbocycles. The molecule has 0 saturated heterocycles. The molecule has 0 aliphatic rings. The molecule has 0 aliphatic heterocycles. The second-order valence-corrected chi connectivity index (χ2v) is 5.82. The van der Waals surface area contributed by atoms with E-state index in [9.17, 15) is 9.90 Å². The van der Waals surface area contributed by atoms with Crippen molar-refractivity contribution in [3.63, 3.8) is 0 Å². The summed E-state index contributed by atoms with van der Waals surface area (Å²) in [7, 11) is 0. The van der Waals surface area contributed by atoms with Crippen LogP contribution in [-0.4, -0.2) is 34.7 Å². The number of amides is 1. The minimum absolute atomic E-state index is 0.0118. The van der Waals surface area contributed by atoms with Crippen LogP contribution in [-0.2, 0) is 4.79 Å². The first-order valence-corrected chi connectivity index (χ1v) is 6.60. The maximum Gasteiger partial charge on any atom is 0.221 e. The standard InChI is InChI=1S/C11H23NO2S/c1-8(2)11(4,14)7-12-10(13)6-9(3)15-5/h8-9,14H,6-7H2,1-5H3,(H,12,13). The van der Waals surface area contributed by atoms with Crippen LogP contribution >= 0.6 is 11.8 Å². The van der Waals surface area contributed by atoms with Gasteiger partial charge in [0.2, 0.25) is 5.91 Å². The zero-order valence-electron chi connectivity index (χ0n) is 10.3. The van der Waals surface area contributed by atoms with Crippen LogP contribution in [0.5, 0.6) is 0 Å². The molecule has 0 radical (unpaired) electrons. The van der Waals surface area contributed by atoms with Crippen molar-refractivity contribution in [2.75, 3.05) is 12.8 Å². The van der Waals surface area contributed by atoms with Gasteiger partial charge in [-0.25, -0.2) is 0 Å². The Balaban J connectivity index is 3.90. The molecule has 2 unspecified atom stereocenters. The molecule has 0 bridgehead atoms. The Bertz CT molecular complexity index is 205. The molecule has 0 fully saturated rings.